The molecule has 4 rings (SSSR count). The van der Waals surface area contributed by atoms with Crippen LogP contribution in [0.3, 0.4) is 0 Å². The fourth-order valence-corrected chi connectivity index (χ4v) is 3.35. The average Bonchev–Trinajstić information content (AvgIpc) is 3.09. The number of carbonyl (C=O) groups excluding carboxylic acids is 1. The first kappa shape index (κ1) is 17.8. The van der Waals surface area contributed by atoms with Crippen molar-refractivity contribution in [3.05, 3.63) is 59.8 Å². The largest absolute Gasteiger partial charge is 0.383 e. The van der Waals surface area contributed by atoms with E-state index in [0.717, 1.165) is 21.9 Å². The number of nitrogens with one attached hydrogen (secondary N) is 1. The van der Waals surface area contributed by atoms with Crippen LogP contribution in [0.1, 0.15) is 35.8 Å². The van der Waals surface area contributed by atoms with Gasteiger partial charge in [-0.3, -0.25) is 4.79 Å². The van der Waals surface area contributed by atoms with Gasteiger partial charge in [-0.1, -0.05) is 12.1 Å². The van der Waals surface area contributed by atoms with E-state index in [1.807, 2.05) is 42.6 Å². The Balaban J connectivity index is 1.55. The lowest BCUT2D eigenvalue weighted by Gasteiger charge is -2.11. The summed E-state index contributed by atoms with van der Waals surface area (Å²) in [4.78, 5) is 20.8. The Morgan fingerprint density at radius 1 is 1.11 bits per heavy atom. The lowest BCUT2D eigenvalue weighted by molar-refractivity contribution is 0.0951. The molecule has 7 nitrogen and oxygen atoms in total. The van der Waals surface area contributed by atoms with Crippen LogP contribution in [-0.2, 0) is 6.54 Å². The molecule has 7 heteroatoms. The lowest BCUT2D eigenvalue weighted by atomic mass is 10.1. The van der Waals surface area contributed by atoms with Gasteiger partial charge in [0.15, 0.2) is 0 Å². The van der Waals surface area contributed by atoms with Gasteiger partial charge in [0.25, 0.3) is 5.91 Å². The fourth-order valence-electron chi connectivity index (χ4n) is 3.35. The minimum absolute atomic E-state index is 0.125. The van der Waals surface area contributed by atoms with Crippen LogP contribution >= 0.6 is 0 Å². The van der Waals surface area contributed by atoms with Gasteiger partial charge in [0.2, 0.25) is 5.95 Å². The van der Waals surface area contributed by atoms with Crippen molar-refractivity contribution in [2.24, 2.45) is 0 Å². The van der Waals surface area contributed by atoms with Crippen LogP contribution in [0.25, 0.3) is 21.8 Å². The molecule has 142 valence electrons. The van der Waals surface area contributed by atoms with E-state index in [9.17, 15) is 4.79 Å². The molecule has 1 amide bonds. The maximum Gasteiger partial charge on any atom is 0.251 e. The molecule has 0 unspecified atom stereocenters. The number of benzene rings is 2. The zero-order valence-corrected chi connectivity index (χ0v) is 15.8. The van der Waals surface area contributed by atoms with Crippen LogP contribution < -0.4 is 16.8 Å². The molecule has 0 bridgehead atoms. The van der Waals surface area contributed by atoms with Gasteiger partial charge in [-0.05, 0) is 55.1 Å². The summed E-state index contributed by atoms with van der Waals surface area (Å²) < 4.78 is 2.16. The van der Waals surface area contributed by atoms with E-state index in [2.05, 4.69) is 39.8 Å². The first-order valence-electron chi connectivity index (χ1n) is 9.13. The maximum absolute atomic E-state index is 12.7. The third-order valence-corrected chi connectivity index (χ3v) is 4.80. The molecule has 0 saturated heterocycles. The molecular weight excluding hydrogens is 352 g/mol. The Bertz CT molecular complexity index is 1190. The van der Waals surface area contributed by atoms with Crippen molar-refractivity contribution < 1.29 is 4.79 Å². The van der Waals surface area contributed by atoms with Gasteiger partial charge in [-0.2, -0.15) is 4.98 Å². The minimum Gasteiger partial charge on any atom is -0.383 e. The average molecular weight is 374 g/mol. The second-order valence-electron chi connectivity index (χ2n) is 7.09. The molecule has 0 aliphatic carbocycles. The number of nitrogens with two attached hydrogens (primary N) is 2. The Morgan fingerprint density at radius 3 is 2.71 bits per heavy atom. The van der Waals surface area contributed by atoms with Crippen LogP contribution in [0.5, 0.6) is 0 Å². The van der Waals surface area contributed by atoms with Crippen LogP contribution in [0.2, 0.25) is 0 Å². The highest BCUT2D eigenvalue weighted by Crippen LogP contribution is 2.22. The number of hydrogen-bond donors (Lipinski definition) is 3. The molecule has 0 fully saturated rings. The molecule has 28 heavy (non-hydrogen) atoms. The molecule has 0 radical (unpaired) electrons. The van der Waals surface area contributed by atoms with E-state index >= 15 is 0 Å². The summed E-state index contributed by atoms with van der Waals surface area (Å²) in [5, 5.41) is 4.82. The highest BCUT2D eigenvalue weighted by Gasteiger charge is 2.11. The first-order valence-corrected chi connectivity index (χ1v) is 9.13. The van der Waals surface area contributed by atoms with Crippen molar-refractivity contribution in [2.75, 3.05) is 11.5 Å². The van der Waals surface area contributed by atoms with E-state index in [0.29, 0.717) is 29.5 Å². The highest BCUT2D eigenvalue weighted by molar-refractivity contribution is 5.98. The number of nitrogens with zero attached hydrogens (tertiary/aromatic N) is 3. The molecule has 4 aromatic rings. The summed E-state index contributed by atoms with van der Waals surface area (Å²) in [6.45, 7) is 4.62. The minimum atomic E-state index is -0.125. The van der Waals surface area contributed by atoms with Gasteiger partial charge in [0, 0.05) is 35.2 Å². The predicted molar refractivity (Wildman–Crippen MR) is 112 cm³/mol. The van der Waals surface area contributed by atoms with Crippen molar-refractivity contribution in [3.8, 4) is 0 Å². The van der Waals surface area contributed by atoms with Gasteiger partial charge in [0.05, 0.1) is 5.52 Å². The second-order valence-corrected chi connectivity index (χ2v) is 7.09. The van der Waals surface area contributed by atoms with Gasteiger partial charge >= 0.3 is 0 Å². The molecule has 0 aliphatic rings. The number of carbonyl (C=O) groups is 1. The summed E-state index contributed by atoms with van der Waals surface area (Å²) in [6.07, 6.45) is 2.05. The second kappa shape index (κ2) is 6.84. The molecule has 0 aliphatic heterocycles. The van der Waals surface area contributed by atoms with Gasteiger partial charge in [-0.25, -0.2) is 4.98 Å². The van der Waals surface area contributed by atoms with Crippen molar-refractivity contribution in [3.63, 3.8) is 0 Å². The number of aromatic nitrogens is 3. The molecule has 5 N–H and O–H groups in total. The lowest BCUT2D eigenvalue weighted by Crippen LogP contribution is -2.22. The molecule has 0 saturated carbocycles. The van der Waals surface area contributed by atoms with Crippen LogP contribution in [0, 0.1) is 0 Å². The topological polar surface area (TPSA) is 112 Å². The quantitative estimate of drug-likeness (QED) is 0.508. The van der Waals surface area contributed by atoms with E-state index in [1.165, 1.54) is 0 Å². The van der Waals surface area contributed by atoms with Crippen molar-refractivity contribution in [2.45, 2.75) is 26.4 Å². The smallest absolute Gasteiger partial charge is 0.251 e. The number of rotatable bonds is 4. The van der Waals surface area contributed by atoms with Crippen LogP contribution in [0.15, 0.2) is 48.7 Å². The zero-order valence-electron chi connectivity index (χ0n) is 15.8. The number of anilines is 2. The maximum atomic E-state index is 12.7. The Hall–Kier alpha value is -3.61. The van der Waals surface area contributed by atoms with E-state index in [1.54, 1.807) is 0 Å². The van der Waals surface area contributed by atoms with Crippen molar-refractivity contribution >= 4 is 39.5 Å². The summed E-state index contributed by atoms with van der Waals surface area (Å²) in [5.74, 6) is 0.354. The number of amides is 1. The van der Waals surface area contributed by atoms with Gasteiger partial charge in [-0.15, -0.1) is 0 Å². The fraction of sp³-hybridized carbons (Fsp3) is 0.190. The summed E-state index contributed by atoms with van der Waals surface area (Å²) in [5.41, 5.74) is 14.8. The normalized spacial score (nSPS) is 11.4. The Morgan fingerprint density at radius 2 is 1.93 bits per heavy atom. The molecule has 0 spiro atoms. The zero-order chi connectivity index (χ0) is 19.8. The van der Waals surface area contributed by atoms with Gasteiger partial charge in [0.1, 0.15) is 5.82 Å². The Kier molecular flexibility index (Phi) is 4.35. The van der Waals surface area contributed by atoms with Crippen molar-refractivity contribution in [1.82, 2.24) is 19.9 Å². The van der Waals surface area contributed by atoms with E-state index in [4.69, 9.17) is 11.5 Å². The monoisotopic (exact) mass is 374 g/mol. The molecule has 2 aromatic heterocycles. The Labute approximate surface area is 162 Å². The first-order chi connectivity index (χ1) is 13.4. The summed E-state index contributed by atoms with van der Waals surface area (Å²) in [6, 6.07) is 13.7. The standard InChI is InChI=1S/C21H22N6O/c1-12(2)27-8-7-14-4-5-15(10-18(14)27)20(28)24-11-13-3-6-16-17(9-13)25-21(23)26-19(16)22/h3-10,12H,11H2,1-2H3,(H,24,28)(H4,22,23,25,26). The third-order valence-electron chi connectivity index (χ3n) is 4.80. The number of nitrogen functional groups attached to an aromatic ring is 2. The highest BCUT2D eigenvalue weighted by atomic mass is 16.1. The molecule has 2 heterocycles. The predicted octanol–water partition coefficient (Wildman–Crippen LogP) is 3.26. The van der Waals surface area contributed by atoms with E-state index < -0.39 is 0 Å². The molecular formula is C21H22N6O. The van der Waals surface area contributed by atoms with Gasteiger partial charge < -0.3 is 21.4 Å². The SMILES string of the molecule is CC(C)n1ccc2ccc(C(=O)NCc3ccc4c(N)nc(N)nc4c3)cc21. The third kappa shape index (κ3) is 3.22. The summed E-state index contributed by atoms with van der Waals surface area (Å²) in [7, 11) is 0. The van der Waals surface area contributed by atoms with Crippen LogP contribution in [0.4, 0.5) is 11.8 Å². The molecule has 0 atom stereocenters. The van der Waals surface area contributed by atoms with E-state index in [-0.39, 0.29) is 11.9 Å². The number of fused-ring (bicyclic) bond motifs is 2. The summed E-state index contributed by atoms with van der Waals surface area (Å²) >= 11 is 0. The number of hydrogen-bond acceptors (Lipinski definition) is 5. The van der Waals surface area contributed by atoms with Crippen LogP contribution in [-0.4, -0.2) is 20.4 Å². The molecule has 2 aromatic carbocycles. The van der Waals surface area contributed by atoms with Crippen molar-refractivity contribution in [1.29, 1.82) is 0 Å².